The van der Waals surface area contributed by atoms with Crippen molar-refractivity contribution in [2.45, 2.75) is 19.3 Å². The Morgan fingerprint density at radius 2 is 2.00 bits per heavy atom. The molecule has 0 saturated heterocycles. The van der Waals surface area contributed by atoms with Crippen LogP contribution in [0.2, 0.25) is 0 Å². The summed E-state index contributed by atoms with van der Waals surface area (Å²) in [5.41, 5.74) is 0.962. The number of unbranched alkanes of at least 4 members (excludes halogenated alkanes) is 1. The standard InChI is InChI=1S/C14H17ClO3/c15-10-1-2-11-18-13-8-6-12(7-9-13)4-3-5-14(16)17/h3-4,6-9H,1-2,5,10-11H2,(H,16,17)/b4-3+. The summed E-state index contributed by atoms with van der Waals surface area (Å²) < 4.78 is 5.53. The highest BCUT2D eigenvalue weighted by molar-refractivity contribution is 6.17. The Balaban J connectivity index is 2.37. The molecule has 4 heteroatoms. The van der Waals surface area contributed by atoms with Gasteiger partial charge in [-0.3, -0.25) is 4.79 Å². The molecular weight excluding hydrogens is 252 g/mol. The van der Waals surface area contributed by atoms with Gasteiger partial charge in [0.15, 0.2) is 0 Å². The number of halogens is 1. The Labute approximate surface area is 112 Å². The summed E-state index contributed by atoms with van der Waals surface area (Å²) in [6.07, 6.45) is 5.35. The third-order valence-electron chi connectivity index (χ3n) is 2.28. The van der Waals surface area contributed by atoms with E-state index in [1.54, 1.807) is 12.2 Å². The third kappa shape index (κ3) is 6.30. The predicted octanol–water partition coefficient (Wildman–Crippen LogP) is 3.57. The molecule has 0 spiro atoms. The Kier molecular flexibility index (Phi) is 6.96. The average Bonchev–Trinajstić information content (AvgIpc) is 2.36. The Morgan fingerprint density at radius 3 is 2.61 bits per heavy atom. The molecule has 0 radical (unpaired) electrons. The zero-order valence-electron chi connectivity index (χ0n) is 10.1. The maximum absolute atomic E-state index is 10.3. The highest BCUT2D eigenvalue weighted by Crippen LogP contribution is 2.13. The van der Waals surface area contributed by atoms with Gasteiger partial charge in [-0.05, 0) is 30.5 Å². The first-order valence-corrected chi connectivity index (χ1v) is 6.43. The third-order valence-corrected chi connectivity index (χ3v) is 2.55. The van der Waals surface area contributed by atoms with Crippen LogP contribution in [0.4, 0.5) is 0 Å². The molecule has 0 bridgehead atoms. The minimum Gasteiger partial charge on any atom is -0.494 e. The molecule has 0 aromatic heterocycles. The van der Waals surface area contributed by atoms with Crippen LogP contribution in [-0.4, -0.2) is 23.6 Å². The Morgan fingerprint density at radius 1 is 1.28 bits per heavy atom. The van der Waals surface area contributed by atoms with Crippen LogP contribution in [0.15, 0.2) is 30.3 Å². The van der Waals surface area contributed by atoms with Gasteiger partial charge < -0.3 is 9.84 Å². The van der Waals surface area contributed by atoms with E-state index in [4.69, 9.17) is 21.4 Å². The molecule has 0 aliphatic heterocycles. The number of carboxylic acids is 1. The highest BCUT2D eigenvalue weighted by Gasteiger charge is 1.94. The number of benzene rings is 1. The lowest BCUT2D eigenvalue weighted by Crippen LogP contribution is -1.97. The minimum absolute atomic E-state index is 0.0384. The lowest BCUT2D eigenvalue weighted by Gasteiger charge is -2.05. The summed E-state index contributed by atoms with van der Waals surface area (Å²) >= 11 is 5.57. The maximum atomic E-state index is 10.3. The minimum atomic E-state index is -0.828. The van der Waals surface area contributed by atoms with E-state index < -0.39 is 5.97 Å². The van der Waals surface area contributed by atoms with Gasteiger partial charge >= 0.3 is 5.97 Å². The van der Waals surface area contributed by atoms with Gasteiger partial charge in [-0.15, -0.1) is 11.6 Å². The zero-order valence-corrected chi connectivity index (χ0v) is 10.9. The van der Waals surface area contributed by atoms with Crippen molar-refractivity contribution in [3.8, 4) is 5.75 Å². The molecule has 0 unspecified atom stereocenters. The van der Waals surface area contributed by atoms with E-state index >= 15 is 0 Å². The molecule has 0 fully saturated rings. The van der Waals surface area contributed by atoms with Crippen LogP contribution in [0.3, 0.4) is 0 Å². The fraction of sp³-hybridized carbons (Fsp3) is 0.357. The van der Waals surface area contributed by atoms with E-state index in [9.17, 15) is 4.79 Å². The molecule has 98 valence electrons. The summed E-state index contributed by atoms with van der Waals surface area (Å²) in [5, 5.41) is 8.50. The molecule has 0 aliphatic carbocycles. The number of ether oxygens (including phenoxy) is 1. The normalized spacial score (nSPS) is 10.7. The van der Waals surface area contributed by atoms with Crippen LogP contribution in [0, 0.1) is 0 Å². The number of alkyl halides is 1. The number of hydrogen-bond acceptors (Lipinski definition) is 2. The van der Waals surface area contributed by atoms with Crippen molar-refractivity contribution in [1.29, 1.82) is 0 Å². The molecule has 1 N–H and O–H groups in total. The number of rotatable bonds is 8. The van der Waals surface area contributed by atoms with Crippen LogP contribution in [0.1, 0.15) is 24.8 Å². The van der Waals surface area contributed by atoms with E-state index in [2.05, 4.69) is 0 Å². The number of carbonyl (C=O) groups is 1. The molecule has 1 aromatic rings. The number of aliphatic carboxylic acids is 1. The molecule has 0 atom stereocenters. The largest absolute Gasteiger partial charge is 0.494 e. The monoisotopic (exact) mass is 268 g/mol. The smallest absolute Gasteiger partial charge is 0.307 e. The highest BCUT2D eigenvalue weighted by atomic mass is 35.5. The van der Waals surface area contributed by atoms with Crippen LogP contribution >= 0.6 is 11.6 Å². The number of hydrogen-bond donors (Lipinski definition) is 1. The van der Waals surface area contributed by atoms with Crippen molar-refractivity contribution in [2.24, 2.45) is 0 Å². The fourth-order valence-corrected chi connectivity index (χ4v) is 1.55. The summed E-state index contributed by atoms with van der Waals surface area (Å²) in [6, 6.07) is 7.55. The molecule has 0 saturated carbocycles. The number of carboxylic acid groups (broad SMARTS) is 1. The van der Waals surface area contributed by atoms with Crippen molar-refractivity contribution in [3.63, 3.8) is 0 Å². The van der Waals surface area contributed by atoms with Crippen molar-refractivity contribution in [2.75, 3.05) is 12.5 Å². The van der Waals surface area contributed by atoms with Crippen LogP contribution in [0.5, 0.6) is 5.75 Å². The van der Waals surface area contributed by atoms with Gasteiger partial charge in [0.25, 0.3) is 0 Å². The first kappa shape index (κ1) is 14.6. The molecule has 0 heterocycles. The molecule has 18 heavy (non-hydrogen) atoms. The van der Waals surface area contributed by atoms with Crippen molar-refractivity contribution in [3.05, 3.63) is 35.9 Å². The fourth-order valence-electron chi connectivity index (χ4n) is 1.36. The van der Waals surface area contributed by atoms with Crippen molar-refractivity contribution < 1.29 is 14.6 Å². The molecule has 3 nitrogen and oxygen atoms in total. The maximum Gasteiger partial charge on any atom is 0.307 e. The summed E-state index contributed by atoms with van der Waals surface area (Å²) in [6.45, 7) is 0.668. The van der Waals surface area contributed by atoms with E-state index in [-0.39, 0.29) is 6.42 Å². The SMILES string of the molecule is O=C(O)C/C=C/c1ccc(OCCCCCl)cc1. The Bertz CT molecular complexity index is 385. The first-order chi connectivity index (χ1) is 8.72. The Hall–Kier alpha value is -1.48. The average molecular weight is 269 g/mol. The molecule has 1 aromatic carbocycles. The molecule has 0 aliphatic rings. The van der Waals surface area contributed by atoms with Gasteiger partial charge in [0.05, 0.1) is 13.0 Å². The van der Waals surface area contributed by atoms with Gasteiger partial charge in [0.2, 0.25) is 0 Å². The second kappa shape index (κ2) is 8.59. The lowest BCUT2D eigenvalue weighted by atomic mass is 10.2. The van der Waals surface area contributed by atoms with Gasteiger partial charge in [0, 0.05) is 5.88 Å². The van der Waals surface area contributed by atoms with Gasteiger partial charge in [0.1, 0.15) is 5.75 Å². The second-order valence-electron chi connectivity index (χ2n) is 3.81. The summed E-state index contributed by atoms with van der Waals surface area (Å²) in [7, 11) is 0. The zero-order chi connectivity index (χ0) is 13.2. The van der Waals surface area contributed by atoms with Crippen LogP contribution < -0.4 is 4.74 Å². The molecular formula is C14H17ClO3. The topological polar surface area (TPSA) is 46.5 Å². The molecule has 1 rings (SSSR count). The van der Waals surface area contributed by atoms with Crippen molar-refractivity contribution >= 4 is 23.6 Å². The molecule has 0 amide bonds. The van der Waals surface area contributed by atoms with E-state index in [1.165, 1.54) is 0 Å². The lowest BCUT2D eigenvalue weighted by molar-refractivity contribution is -0.135. The van der Waals surface area contributed by atoms with Crippen LogP contribution in [0.25, 0.3) is 6.08 Å². The van der Waals surface area contributed by atoms with Gasteiger partial charge in [-0.25, -0.2) is 0 Å². The van der Waals surface area contributed by atoms with E-state index in [0.717, 1.165) is 24.2 Å². The quantitative estimate of drug-likeness (QED) is 0.579. The summed E-state index contributed by atoms with van der Waals surface area (Å²) in [5.74, 6) is 0.655. The van der Waals surface area contributed by atoms with Crippen molar-refractivity contribution in [1.82, 2.24) is 0 Å². The predicted molar refractivity (Wildman–Crippen MR) is 73.2 cm³/mol. The summed E-state index contributed by atoms with van der Waals surface area (Å²) in [4.78, 5) is 10.3. The van der Waals surface area contributed by atoms with E-state index in [1.807, 2.05) is 24.3 Å². The van der Waals surface area contributed by atoms with Gasteiger partial charge in [-0.2, -0.15) is 0 Å². The first-order valence-electron chi connectivity index (χ1n) is 5.89. The van der Waals surface area contributed by atoms with E-state index in [0.29, 0.717) is 12.5 Å². The second-order valence-corrected chi connectivity index (χ2v) is 4.19. The van der Waals surface area contributed by atoms with Gasteiger partial charge in [-0.1, -0.05) is 24.3 Å². The van der Waals surface area contributed by atoms with Crippen LogP contribution in [-0.2, 0) is 4.79 Å².